The fourth-order valence-corrected chi connectivity index (χ4v) is 2.36. The van der Waals surface area contributed by atoms with Gasteiger partial charge in [0.1, 0.15) is 0 Å². The molecule has 0 fully saturated rings. The lowest BCUT2D eigenvalue weighted by atomic mass is 10.1. The predicted molar refractivity (Wildman–Crippen MR) is 86.5 cm³/mol. The van der Waals surface area contributed by atoms with Crippen molar-refractivity contribution in [1.82, 2.24) is 20.5 Å². The van der Waals surface area contributed by atoms with E-state index in [0.717, 1.165) is 18.2 Å². The molecule has 0 saturated carbocycles. The summed E-state index contributed by atoms with van der Waals surface area (Å²) in [5.74, 6) is 0.0724. The number of amides is 1. The first-order valence-corrected chi connectivity index (χ1v) is 7.81. The van der Waals surface area contributed by atoms with Crippen LogP contribution in [0.25, 0.3) is 11.3 Å². The number of hydrogen-bond donors (Lipinski definition) is 3. The van der Waals surface area contributed by atoms with Gasteiger partial charge < -0.3 is 11.1 Å². The molecule has 0 bridgehead atoms. The Kier molecular flexibility index (Phi) is 5.54. The molecule has 0 saturated heterocycles. The van der Waals surface area contributed by atoms with Crippen LogP contribution in [0.2, 0.25) is 0 Å². The number of anilines is 1. The highest BCUT2D eigenvalue weighted by atomic mass is 32.2. The summed E-state index contributed by atoms with van der Waals surface area (Å²) in [5, 5.41) is 10.9. The molecule has 0 aliphatic carbocycles. The average Bonchev–Trinajstić information content (AvgIpc) is 2.52. The van der Waals surface area contributed by atoms with Gasteiger partial charge in [0, 0.05) is 17.8 Å². The largest absolute Gasteiger partial charge is 0.398 e. The van der Waals surface area contributed by atoms with Crippen LogP contribution in [0.1, 0.15) is 13.3 Å². The van der Waals surface area contributed by atoms with Gasteiger partial charge in [-0.25, -0.2) is 0 Å². The third kappa shape index (κ3) is 4.08. The van der Waals surface area contributed by atoms with Gasteiger partial charge in [-0.3, -0.25) is 14.6 Å². The van der Waals surface area contributed by atoms with Gasteiger partial charge in [0.05, 0.1) is 5.75 Å². The SMILES string of the molecule is CCCNC(=O)CSc1nnc(-c2ccccc2N)c(=O)[nH]1. The minimum atomic E-state index is -0.385. The average molecular weight is 319 g/mol. The van der Waals surface area contributed by atoms with Crippen molar-refractivity contribution >= 4 is 23.4 Å². The maximum absolute atomic E-state index is 12.1. The van der Waals surface area contributed by atoms with Gasteiger partial charge in [-0.1, -0.05) is 36.9 Å². The molecular formula is C14H17N5O2S. The molecule has 2 aromatic rings. The molecular weight excluding hydrogens is 302 g/mol. The van der Waals surface area contributed by atoms with Crippen LogP contribution in [0.4, 0.5) is 5.69 Å². The number of rotatable bonds is 6. The van der Waals surface area contributed by atoms with Crippen LogP contribution in [0.3, 0.4) is 0 Å². The van der Waals surface area contributed by atoms with E-state index in [2.05, 4.69) is 20.5 Å². The van der Waals surface area contributed by atoms with E-state index in [-0.39, 0.29) is 22.9 Å². The lowest BCUT2D eigenvalue weighted by molar-refractivity contribution is -0.118. The van der Waals surface area contributed by atoms with Gasteiger partial charge in [0.25, 0.3) is 5.56 Å². The summed E-state index contributed by atoms with van der Waals surface area (Å²) >= 11 is 1.13. The Balaban J connectivity index is 2.09. The number of nitrogen functional groups attached to an aromatic ring is 1. The van der Waals surface area contributed by atoms with Crippen molar-refractivity contribution in [2.45, 2.75) is 18.5 Å². The topological polar surface area (TPSA) is 114 Å². The first-order valence-electron chi connectivity index (χ1n) is 6.83. The fourth-order valence-electron chi connectivity index (χ4n) is 1.73. The van der Waals surface area contributed by atoms with E-state index in [9.17, 15) is 9.59 Å². The number of aromatic amines is 1. The highest BCUT2D eigenvalue weighted by Crippen LogP contribution is 2.20. The number of H-pyrrole nitrogens is 1. The molecule has 0 spiro atoms. The van der Waals surface area contributed by atoms with Crippen LogP contribution < -0.4 is 16.6 Å². The minimum absolute atomic E-state index is 0.106. The Bertz CT molecular complexity index is 716. The standard InChI is InChI=1S/C14H17N5O2S/c1-2-7-16-11(20)8-22-14-17-13(21)12(18-19-14)9-5-3-4-6-10(9)15/h3-6H,2,7-8,15H2,1H3,(H,16,20)(H,17,19,21). The molecule has 1 heterocycles. The molecule has 1 aromatic carbocycles. The van der Waals surface area contributed by atoms with Gasteiger partial charge in [0.2, 0.25) is 5.91 Å². The number of carbonyl (C=O) groups is 1. The summed E-state index contributed by atoms with van der Waals surface area (Å²) in [5.41, 5.74) is 6.60. The Hall–Kier alpha value is -2.35. The minimum Gasteiger partial charge on any atom is -0.398 e. The van der Waals surface area contributed by atoms with E-state index in [0.29, 0.717) is 23.0 Å². The van der Waals surface area contributed by atoms with E-state index < -0.39 is 0 Å². The number of nitrogens with zero attached hydrogens (tertiary/aromatic N) is 2. The van der Waals surface area contributed by atoms with Crippen molar-refractivity contribution in [1.29, 1.82) is 0 Å². The van der Waals surface area contributed by atoms with E-state index in [1.165, 1.54) is 0 Å². The Morgan fingerprint density at radius 2 is 2.14 bits per heavy atom. The molecule has 22 heavy (non-hydrogen) atoms. The highest BCUT2D eigenvalue weighted by Gasteiger charge is 2.11. The second-order valence-corrected chi connectivity index (χ2v) is 5.50. The smallest absolute Gasteiger partial charge is 0.278 e. The Labute approximate surface area is 131 Å². The zero-order valence-electron chi connectivity index (χ0n) is 12.1. The van der Waals surface area contributed by atoms with E-state index in [1.807, 2.05) is 6.92 Å². The number of aromatic nitrogens is 3. The van der Waals surface area contributed by atoms with Crippen LogP contribution in [-0.2, 0) is 4.79 Å². The van der Waals surface area contributed by atoms with Crippen molar-refractivity contribution in [2.24, 2.45) is 0 Å². The quantitative estimate of drug-likeness (QED) is 0.541. The summed E-state index contributed by atoms with van der Waals surface area (Å²) in [7, 11) is 0. The third-order valence-electron chi connectivity index (χ3n) is 2.80. The summed E-state index contributed by atoms with van der Waals surface area (Å²) in [6.45, 7) is 2.61. The first kappa shape index (κ1) is 16.0. The predicted octanol–water partition coefficient (Wildman–Crippen LogP) is 1.03. The van der Waals surface area contributed by atoms with Crippen molar-refractivity contribution in [3.8, 4) is 11.3 Å². The summed E-state index contributed by atoms with van der Waals surface area (Å²) in [4.78, 5) is 26.2. The Morgan fingerprint density at radius 3 is 2.82 bits per heavy atom. The molecule has 0 aliphatic rings. The van der Waals surface area contributed by atoms with E-state index in [1.54, 1.807) is 24.3 Å². The van der Waals surface area contributed by atoms with E-state index in [4.69, 9.17) is 5.73 Å². The summed E-state index contributed by atoms with van der Waals surface area (Å²) in [6.07, 6.45) is 0.875. The molecule has 8 heteroatoms. The summed E-state index contributed by atoms with van der Waals surface area (Å²) < 4.78 is 0. The van der Waals surface area contributed by atoms with Gasteiger partial charge >= 0.3 is 0 Å². The zero-order valence-corrected chi connectivity index (χ0v) is 12.9. The maximum atomic E-state index is 12.1. The number of benzene rings is 1. The molecule has 0 unspecified atom stereocenters. The normalized spacial score (nSPS) is 10.4. The number of nitrogens with one attached hydrogen (secondary N) is 2. The fraction of sp³-hybridized carbons (Fsp3) is 0.286. The second-order valence-electron chi connectivity index (χ2n) is 4.53. The Morgan fingerprint density at radius 1 is 1.36 bits per heavy atom. The summed E-state index contributed by atoms with van der Waals surface area (Å²) in [6, 6.07) is 6.95. The van der Waals surface area contributed by atoms with Crippen LogP contribution in [-0.4, -0.2) is 33.4 Å². The molecule has 2 rings (SSSR count). The molecule has 0 radical (unpaired) electrons. The van der Waals surface area contributed by atoms with Crippen molar-refractivity contribution < 1.29 is 4.79 Å². The lowest BCUT2D eigenvalue weighted by Crippen LogP contribution is -2.26. The van der Waals surface area contributed by atoms with Crippen LogP contribution in [0, 0.1) is 0 Å². The lowest BCUT2D eigenvalue weighted by Gasteiger charge is -2.05. The van der Waals surface area contributed by atoms with Gasteiger partial charge in [-0.15, -0.1) is 10.2 Å². The molecule has 4 N–H and O–H groups in total. The number of nitrogens with two attached hydrogens (primary N) is 1. The highest BCUT2D eigenvalue weighted by molar-refractivity contribution is 7.99. The third-order valence-corrected chi connectivity index (χ3v) is 3.67. The number of thioether (sulfide) groups is 1. The molecule has 116 valence electrons. The molecule has 1 amide bonds. The van der Waals surface area contributed by atoms with Crippen LogP contribution >= 0.6 is 11.8 Å². The van der Waals surface area contributed by atoms with Gasteiger partial charge in [-0.2, -0.15) is 0 Å². The van der Waals surface area contributed by atoms with Crippen molar-refractivity contribution in [3.63, 3.8) is 0 Å². The first-order chi connectivity index (χ1) is 10.6. The second kappa shape index (κ2) is 7.60. The zero-order chi connectivity index (χ0) is 15.9. The van der Waals surface area contributed by atoms with Crippen molar-refractivity contribution in [2.75, 3.05) is 18.0 Å². The van der Waals surface area contributed by atoms with Crippen LogP contribution in [0.15, 0.2) is 34.2 Å². The number of carbonyl (C=O) groups excluding carboxylic acids is 1. The molecule has 0 atom stereocenters. The maximum Gasteiger partial charge on any atom is 0.278 e. The van der Waals surface area contributed by atoms with Gasteiger partial charge in [-0.05, 0) is 12.5 Å². The van der Waals surface area contributed by atoms with Crippen molar-refractivity contribution in [3.05, 3.63) is 34.6 Å². The molecule has 7 nitrogen and oxygen atoms in total. The van der Waals surface area contributed by atoms with Gasteiger partial charge in [0.15, 0.2) is 10.9 Å². The molecule has 1 aromatic heterocycles. The van der Waals surface area contributed by atoms with Crippen LogP contribution in [0.5, 0.6) is 0 Å². The molecule has 0 aliphatic heterocycles. The van der Waals surface area contributed by atoms with E-state index >= 15 is 0 Å². The number of para-hydroxylation sites is 1. The number of hydrogen-bond acceptors (Lipinski definition) is 6. The monoisotopic (exact) mass is 319 g/mol.